The molecule has 7 nitrogen and oxygen atoms in total. The third-order valence-corrected chi connectivity index (χ3v) is 3.43. The predicted molar refractivity (Wildman–Crippen MR) is 61.7 cm³/mol. The average molecular weight is 260 g/mol. The molecule has 0 aromatic rings. The average Bonchev–Trinajstić information content (AvgIpc) is 2.67. The Morgan fingerprint density at radius 1 is 1.22 bits per heavy atom. The molecule has 0 bridgehead atoms. The normalized spacial score (nSPS) is 36.9. The minimum Gasteiger partial charge on any atom is -0.388 e. The molecule has 104 valence electrons. The molecule has 7 heteroatoms. The van der Waals surface area contributed by atoms with Crippen molar-refractivity contribution >= 4 is 5.91 Å². The number of carbonyl (C=O) groups is 1. The van der Waals surface area contributed by atoms with E-state index in [-0.39, 0.29) is 18.9 Å². The van der Waals surface area contributed by atoms with Crippen molar-refractivity contribution < 1.29 is 24.5 Å². The SMILES string of the molecule is NC[C@@H]1O[C@H](CC(=O)N2CCOCC2)[C@@H](O)[C@H]1O. The van der Waals surface area contributed by atoms with E-state index in [4.69, 9.17) is 15.2 Å². The Balaban J connectivity index is 1.87. The molecule has 2 rings (SSSR count). The maximum Gasteiger partial charge on any atom is 0.225 e. The number of aliphatic hydroxyl groups is 2. The summed E-state index contributed by atoms with van der Waals surface area (Å²) in [5, 5.41) is 19.4. The van der Waals surface area contributed by atoms with Gasteiger partial charge in [-0.1, -0.05) is 0 Å². The molecule has 0 aromatic carbocycles. The summed E-state index contributed by atoms with van der Waals surface area (Å²) in [5.74, 6) is -0.0905. The van der Waals surface area contributed by atoms with E-state index in [1.54, 1.807) is 4.90 Å². The standard InChI is InChI=1S/C11H20N2O5/c12-6-8-11(16)10(15)7(18-8)5-9(14)13-1-3-17-4-2-13/h7-8,10-11,15-16H,1-6,12H2/t7-,8+,10-,11+/m1/s1. The van der Waals surface area contributed by atoms with Crippen LogP contribution in [-0.4, -0.2) is 78.3 Å². The number of ether oxygens (including phenoxy) is 2. The van der Waals surface area contributed by atoms with Crippen molar-refractivity contribution in [2.24, 2.45) is 5.73 Å². The number of carbonyl (C=O) groups excluding carboxylic acids is 1. The second kappa shape index (κ2) is 5.94. The van der Waals surface area contributed by atoms with Gasteiger partial charge < -0.3 is 30.3 Å². The van der Waals surface area contributed by atoms with Crippen LogP contribution in [-0.2, 0) is 14.3 Å². The molecule has 2 saturated heterocycles. The van der Waals surface area contributed by atoms with Crippen LogP contribution in [0.15, 0.2) is 0 Å². The molecule has 1 amide bonds. The fourth-order valence-electron chi connectivity index (χ4n) is 2.30. The third kappa shape index (κ3) is 2.81. The van der Waals surface area contributed by atoms with Gasteiger partial charge in [0, 0.05) is 19.6 Å². The molecular weight excluding hydrogens is 240 g/mol. The van der Waals surface area contributed by atoms with Crippen LogP contribution in [0.3, 0.4) is 0 Å². The van der Waals surface area contributed by atoms with Gasteiger partial charge >= 0.3 is 0 Å². The number of morpholine rings is 1. The summed E-state index contributed by atoms with van der Waals surface area (Å²) in [6, 6.07) is 0. The van der Waals surface area contributed by atoms with E-state index in [0.717, 1.165) is 0 Å². The lowest BCUT2D eigenvalue weighted by molar-refractivity contribution is -0.139. The number of nitrogens with zero attached hydrogens (tertiary/aromatic N) is 1. The zero-order valence-electron chi connectivity index (χ0n) is 10.2. The minimum atomic E-state index is -1.05. The van der Waals surface area contributed by atoms with Crippen molar-refractivity contribution in [1.82, 2.24) is 4.90 Å². The predicted octanol–water partition coefficient (Wildman–Crippen LogP) is -2.32. The van der Waals surface area contributed by atoms with Gasteiger partial charge in [0.1, 0.15) is 12.2 Å². The van der Waals surface area contributed by atoms with Gasteiger partial charge in [-0.15, -0.1) is 0 Å². The van der Waals surface area contributed by atoms with E-state index in [9.17, 15) is 15.0 Å². The Labute approximate surface area is 105 Å². The summed E-state index contributed by atoms with van der Waals surface area (Å²) < 4.78 is 10.6. The van der Waals surface area contributed by atoms with Gasteiger partial charge in [-0.05, 0) is 0 Å². The summed E-state index contributed by atoms with van der Waals surface area (Å²) >= 11 is 0. The Kier molecular flexibility index (Phi) is 4.52. The summed E-state index contributed by atoms with van der Waals surface area (Å²) in [6.45, 7) is 2.32. The Morgan fingerprint density at radius 3 is 2.39 bits per heavy atom. The van der Waals surface area contributed by atoms with E-state index < -0.39 is 24.4 Å². The van der Waals surface area contributed by atoms with Crippen molar-refractivity contribution in [3.63, 3.8) is 0 Å². The van der Waals surface area contributed by atoms with Gasteiger partial charge in [0.05, 0.1) is 31.8 Å². The molecule has 0 saturated carbocycles. The van der Waals surface area contributed by atoms with Gasteiger partial charge in [0.25, 0.3) is 0 Å². The first-order valence-electron chi connectivity index (χ1n) is 6.20. The highest BCUT2D eigenvalue weighted by molar-refractivity contribution is 5.77. The van der Waals surface area contributed by atoms with Crippen LogP contribution in [0.25, 0.3) is 0 Å². The topological polar surface area (TPSA) is 105 Å². The Morgan fingerprint density at radius 2 is 1.83 bits per heavy atom. The van der Waals surface area contributed by atoms with Crippen molar-refractivity contribution in [1.29, 1.82) is 0 Å². The lowest BCUT2D eigenvalue weighted by atomic mass is 10.1. The molecule has 0 unspecified atom stereocenters. The van der Waals surface area contributed by atoms with Crippen LogP contribution < -0.4 is 5.73 Å². The van der Waals surface area contributed by atoms with E-state index in [0.29, 0.717) is 26.3 Å². The molecule has 2 aliphatic rings. The Bertz CT molecular complexity index is 295. The van der Waals surface area contributed by atoms with E-state index in [1.165, 1.54) is 0 Å². The number of rotatable bonds is 3. The van der Waals surface area contributed by atoms with Crippen LogP contribution in [0.5, 0.6) is 0 Å². The molecule has 0 aliphatic carbocycles. The number of amides is 1. The smallest absolute Gasteiger partial charge is 0.225 e. The minimum absolute atomic E-state index is 0.0642. The first-order valence-corrected chi connectivity index (χ1v) is 6.20. The molecular formula is C11H20N2O5. The summed E-state index contributed by atoms with van der Waals surface area (Å²) in [6.07, 6.45) is -3.28. The van der Waals surface area contributed by atoms with Crippen molar-refractivity contribution in [3.05, 3.63) is 0 Å². The highest BCUT2D eigenvalue weighted by atomic mass is 16.5. The number of aliphatic hydroxyl groups excluding tert-OH is 2. The molecule has 0 spiro atoms. The molecule has 18 heavy (non-hydrogen) atoms. The first kappa shape index (κ1) is 13.7. The van der Waals surface area contributed by atoms with Crippen molar-refractivity contribution in [2.75, 3.05) is 32.8 Å². The van der Waals surface area contributed by atoms with Crippen LogP contribution >= 0.6 is 0 Å². The van der Waals surface area contributed by atoms with Gasteiger partial charge in [-0.2, -0.15) is 0 Å². The van der Waals surface area contributed by atoms with Gasteiger partial charge in [0.2, 0.25) is 5.91 Å². The van der Waals surface area contributed by atoms with Gasteiger partial charge in [0.15, 0.2) is 0 Å². The quantitative estimate of drug-likeness (QED) is 0.526. The lowest BCUT2D eigenvalue weighted by Gasteiger charge is -2.28. The van der Waals surface area contributed by atoms with Crippen LogP contribution in [0, 0.1) is 0 Å². The molecule has 0 radical (unpaired) electrons. The fourth-order valence-corrected chi connectivity index (χ4v) is 2.30. The van der Waals surface area contributed by atoms with Crippen molar-refractivity contribution in [3.8, 4) is 0 Å². The summed E-state index contributed by atoms with van der Waals surface area (Å²) in [4.78, 5) is 13.6. The molecule has 2 heterocycles. The molecule has 4 N–H and O–H groups in total. The zero-order chi connectivity index (χ0) is 13.1. The third-order valence-electron chi connectivity index (χ3n) is 3.43. The fraction of sp³-hybridized carbons (Fsp3) is 0.909. The Hall–Kier alpha value is -0.730. The molecule has 2 aliphatic heterocycles. The van der Waals surface area contributed by atoms with Crippen LogP contribution in [0.1, 0.15) is 6.42 Å². The summed E-state index contributed by atoms with van der Waals surface area (Å²) in [7, 11) is 0. The van der Waals surface area contributed by atoms with Crippen LogP contribution in [0.4, 0.5) is 0 Å². The van der Waals surface area contributed by atoms with E-state index in [1.807, 2.05) is 0 Å². The highest BCUT2D eigenvalue weighted by Crippen LogP contribution is 2.23. The van der Waals surface area contributed by atoms with Crippen molar-refractivity contribution in [2.45, 2.75) is 30.8 Å². The zero-order valence-corrected chi connectivity index (χ0v) is 10.2. The monoisotopic (exact) mass is 260 g/mol. The second-order valence-corrected chi connectivity index (χ2v) is 4.63. The molecule has 0 aromatic heterocycles. The number of nitrogens with two attached hydrogens (primary N) is 1. The van der Waals surface area contributed by atoms with Gasteiger partial charge in [-0.3, -0.25) is 4.79 Å². The number of hydrogen-bond donors (Lipinski definition) is 3. The highest BCUT2D eigenvalue weighted by Gasteiger charge is 2.43. The van der Waals surface area contributed by atoms with Gasteiger partial charge in [-0.25, -0.2) is 0 Å². The largest absolute Gasteiger partial charge is 0.388 e. The summed E-state index contributed by atoms with van der Waals surface area (Å²) in [5.41, 5.74) is 5.41. The van der Waals surface area contributed by atoms with Crippen LogP contribution in [0.2, 0.25) is 0 Å². The maximum absolute atomic E-state index is 12.0. The molecule has 2 fully saturated rings. The number of hydrogen-bond acceptors (Lipinski definition) is 6. The lowest BCUT2D eigenvalue weighted by Crippen LogP contribution is -2.43. The van der Waals surface area contributed by atoms with E-state index in [2.05, 4.69) is 0 Å². The second-order valence-electron chi connectivity index (χ2n) is 4.63. The van der Waals surface area contributed by atoms with E-state index >= 15 is 0 Å². The molecule has 4 atom stereocenters. The first-order chi connectivity index (χ1) is 8.63. The maximum atomic E-state index is 12.0.